The highest BCUT2D eigenvalue weighted by Crippen LogP contribution is 2.29. The molecule has 1 unspecified atom stereocenters. The molecule has 1 rings (SSSR count). The molecule has 3 amide bonds. The maximum atomic E-state index is 12.1. The monoisotopic (exact) mass is 257 g/mol. The summed E-state index contributed by atoms with van der Waals surface area (Å²) in [4.78, 5) is 37.1. The molecular weight excluding hydrogens is 238 g/mol. The topological polar surface area (TPSA) is 90.0 Å². The molecule has 1 aliphatic rings. The molecule has 0 spiro atoms. The Morgan fingerprint density at radius 2 is 2.06 bits per heavy atom. The van der Waals surface area contributed by atoms with Crippen LogP contribution in [0.3, 0.4) is 0 Å². The molecule has 1 atom stereocenters. The first-order chi connectivity index (χ1) is 8.32. The molecule has 7 heteroatoms. The minimum absolute atomic E-state index is 0.0818. The Balaban J connectivity index is 2.77. The Morgan fingerprint density at radius 1 is 1.44 bits per heavy atom. The van der Waals surface area contributed by atoms with Gasteiger partial charge in [0.2, 0.25) is 5.91 Å². The zero-order valence-corrected chi connectivity index (χ0v) is 10.9. The van der Waals surface area contributed by atoms with Crippen LogP contribution in [0.15, 0.2) is 0 Å². The molecule has 0 aromatic heterocycles. The van der Waals surface area contributed by atoms with Crippen molar-refractivity contribution in [3.05, 3.63) is 0 Å². The average Bonchev–Trinajstić information content (AvgIpc) is 2.71. The van der Waals surface area contributed by atoms with Crippen molar-refractivity contribution in [2.24, 2.45) is 0 Å². The van der Waals surface area contributed by atoms with Gasteiger partial charge in [-0.2, -0.15) is 0 Å². The van der Waals surface area contributed by atoms with Crippen LogP contribution in [0, 0.1) is 0 Å². The van der Waals surface area contributed by atoms with Crippen LogP contribution in [-0.2, 0) is 9.59 Å². The third-order valence-corrected chi connectivity index (χ3v) is 3.32. The largest absolute Gasteiger partial charge is 0.480 e. The van der Waals surface area contributed by atoms with Crippen LogP contribution in [0.2, 0.25) is 0 Å². The van der Waals surface area contributed by atoms with Crippen molar-refractivity contribution >= 4 is 17.9 Å². The second-order valence-corrected chi connectivity index (χ2v) is 4.65. The predicted octanol–water partition coefficient (Wildman–Crippen LogP) is -0.277. The molecular formula is C11H19N3O4. The van der Waals surface area contributed by atoms with Crippen LogP contribution in [0.1, 0.15) is 19.8 Å². The number of rotatable bonds is 3. The second kappa shape index (κ2) is 5.24. The number of urea groups is 1. The van der Waals surface area contributed by atoms with Gasteiger partial charge in [0.15, 0.2) is 0 Å². The van der Waals surface area contributed by atoms with Gasteiger partial charge < -0.3 is 20.2 Å². The van der Waals surface area contributed by atoms with Crippen LogP contribution < -0.4 is 5.32 Å². The molecule has 0 saturated carbocycles. The van der Waals surface area contributed by atoms with Crippen molar-refractivity contribution < 1.29 is 19.5 Å². The summed E-state index contributed by atoms with van der Waals surface area (Å²) >= 11 is 0. The van der Waals surface area contributed by atoms with E-state index in [1.807, 2.05) is 0 Å². The number of likely N-dealkylation sites (tertiary alicyclic amines) is 1. The molecule has 102 valence electrons. The maximum Gasteiger partial charge on any atom is 0.329 e. The number of nitrogens with one attached hydrogen (secondary N) is 1. The minimum Gasteiger partial charge on any atom is -0.480 e. The molecule has 1 heterocycles. The number of hydrogen-bond acceptors (Lipinski definition) is 3. The number of carboxylic acids is 1. The number of likely N-dealkylation sites (N-methyl/N-ethyl adjacent to an activating group) is 2. The third-order valence-electron chi connectivity index (χ3n) is 3.32. The van der Waals surface area contributed by atoms with Gasteiger partial charge in [-0.1, -0.05) is 0 Å². The van der Waals surface area contributed by atoms with Crippen LogP contribution >= 0.6 is 0 Å². The standard InChI is InChI=1S/C11H19N3O4/c1-11(9(16)17)5-4-6-14(11)10(18)13(3)7-8(15)12-2/h4-7H2,1-3H3,(H,12,15)(H,16,17). The predicted molar refractivity (Wildman–Crippen MR) is 64.1 cm³/mol. The number of carboxylic acid groups (broad SMARTS) is 1. The normalized spacial score (nSPS) is 22.7. The first-order valence-electron chi connectivity index (χ1n) is 5.79. The van der Waals surface area contributed by atoms with Crippen LogP contribution in [0.25, 0.3) is 0 Å². The molecule has 1 fully saturated rings. The summed E-state index contributed by atoms with van der Waals surface area (Å²) < 4.78 is 0. The molecule has 1 aliphatic heterocycles. The third kappa shape index (κ3) is 2.55. The van der Waals surface area contributed by atoms with Crippen molar-refractivity contribution in [2.45, 2.75) is 25.3 Å². The Labute approximate surface area is 106 Å². The van der Waals surface area contributed by atoms with E-state index in [-0.39, 0.29) is 12.5 Å². The van der Waals surface area contributed by atoms with Gasteiger partial charge in [0.1, 0.15) is 12.1 Å². The lowest BCUT2D eigenvalue weighted by atomic mass is 10.00. The summed E-state index contributed by atoms with van der Waals surface area (Å²) in [5.74, 6) is -1.30. The van der Waals surface area contributed by atoms with Crippen molar-refractivity contribution in [3.63, 3.8) is 0 Å². The number of hydrogen-bond donors (Lipinski definition) is 2. The highest BCUT2D eigenvalue weighted by atomic mass is 16.4. The quantitative estimate of drug-likeness (QED) is 0.728. The number of carbonyl (C=O) groups excluding carboxylic acids is 2. The summed E-state index contributed by atoms with van der Waals surface area (Å²) in [5.41, 5.74) is -1.17. The highest BCUT2D eigenvalue weighted by molar-refractivity contribution is 5.88. The smallest absolute Gasteiger partial charge is 0.329 e. The van der Waals surface area contributed by atoms with Gasteiger partial charge >= 0.3 is 12.0 Å². The van der Waals surface area contributed by atoms with Crippen LogP contribution in [0.4, 0.5) is 4.79 Å². The fraction of sp³-hybridized carbons (Fsp3) is 0.727. The fourth-order valence-corrected chi connectivity index (χ4v) is 2.06. The van der Waals surface area contributed by atoms with E-state index in [9.17, 15) is 19.5 Å². The first kappa shape index (κ1) is 14.3. The lowest BCUT2D eigenvalue weighted by Gasteiger charge is -2.34. The first-order valence-corrected chi connectivity index (χ1v) is 5.79. The van der Waals surface area contributed by atoms with Gasteiger partial charge in [-0.05, 0) is 19.8 Å². The minimum atomic E-state index is -1.17. The fourth-order valence-electron chi connectivity index (χ4n) is 2.06. The van der Waals surface area contributed by atoms with Gasteiger partial charge in [-0.25, -0.2) is 9.59 Å². The van der Waals surface area contributed by atoms with Crippen molar-refractivity contribution in [3.8, 4) is 0 Å². The summed E-state index contributed by atoms with van der Waals surface area (Å²) in [6.45, 7) is 1.86. The van der Waals surface area contributed by atoms with E-state index in [4.69, 9.17) is 0 Å². The molecule has 1 saturated heterocycles. The lowest BCUT2D eigenvalue weighted by molar-refractivity contribution is -0.147. The maximum absolute atomic E-state index is 12.1. The van der Waals surface area contributed by atoms with Crippen LogP contribution in [-0.4, -0.2) is 65.5 Å². The van der Waals surface area contributed by atoms with Gasteiger partial charge in [0, 0.05) is 20.6 Å². The van der Waals surface area contributed by atoms with E-state index in [1.165, 1.54) is 30.8 Å². The zero-order valence-electron chi connectivity index (χ0n) is 10.9. The molecule has 7 nitrogen and oxygen atoms in total. The summed E-state index contributed by atoms with van der Waals surface area (Å²) in [6.07, 6.45) is 1.09. The van der Waals surface area contributed by atoms with E-state index in [0.717, 1.165) is 0 Å². The second-order valence-electron chi connectivity index (χ2n) is 4.65. The molecule has 0 radical (unpaired) electrons. The number of amides is 3. The summed E-state index contributed by atoms with van der Waals surface area (Å²) in [5, 5.41) is 11.6. The van der Waals surface area contributed by atoms with Gasteiger partial charge in [-0.15, -0.1) is 0 Å². The van der Waals surface area contributed by atoms with Gasteiger partial charge in [0.05, 0.1) is 0 Å². The Bertz CT molecular complexity index is 371. The van der Waals surface area contributed by atoms with Gasteiger partial charge in [0.25, 0.3) is 0 Å². The molecule has 18 heavy (non-hydrogen) atoms. The van der Waals surface area contributed by atoms with E-state index < -0.39 is 17.5 Å². The van der Waals surface area contributed by atoms with Crippen molar-refractivity contribution in [1.29, 1.82) is 0 Å². The number of carbonyl (C=O) groups is 3. The van der Waals surface area contributed by atoms with E-state index in [0.29, 0.717) is 19.4 Å². The summed E-state index contributed by atoms with van der Waals surface area (Å²) in [6, 6.07) is -0.430. The number of nitrogens with zero attached hydrogens (tertiary/aromatic N) is 2. The molecule has 2 N–H and O–H groups in total. The Kier molecular flexibility index (Phi) is 4.15. The molecule has 0 bridgehead atoms. The number of aliphatic carboxylic acids is 1. The Morgan fingerprint density at radius 3 is 2.56 bits per heavy atom. The zero-order chi connectivity index (χ0) is 13.9. The highest BCUT2D eigenvalue weighted by Gasteiger charge is 2.46. The van der Waals surface area contributed by atoms with E-state index in [2.05, 4.69) is 5.32 Å². The van der Waals surface area contributed by atoms with E-state index >= 15 is 0 Å². The van der Waals surface area contributed by atoms with Gasteiger partial charge in [-0.3, -0.25) is 4.79 Å². The van der Waals surface area contributed by atoms with Crippen molar-refractivity contribution in [1.82, 2.24) is 15.1 Å². The SMILES string of the molecule is CNC(=O)CN(C)C(=O)N1CCCC1(C)C(=O)O. The molecule has 0 aromatic rings. The summed E-state index contributed by atoms with van der Waals surface area (Å²) in [7, 11) is 2.97. The van der Waals surface area contributed by atoms with E-state index in [1.54, 1.807) is 0 Å². The Hall–Kier alpha value is -1.79. The lowest BCUT2D eigenvalue weighted by Crippen LogP contribution is -2.55. The van der Waals surface area contributed by atoms with Crippen molar-refractivity contribution in [2.75, 3.05) is 27.2 Å². The average molecular weight is 257 g/mol. The molecule has 0 aromatic carbocycles. The van der Waals surface area contributed by atoms with Crippen LogP contribution in [0.5, 0.6) is 0 Å². The molecule has 0 aliphatic carbocycles.